The van der Waals surface area contributed by atoms with Crippen LogP contribution in [0.15, 0.2) is 4.42 Å². The summed E-state index contributed by atoms with van der Waals surface area (Å²) in [6.07, 6.45) is 6.99. The monoisotopic (exact) mass is 375 g/mol. The Kier molecular flexibility index (Phi) is 5.92. The third-order valence-corrected chi connectivity index (χ3v) is 6.44. The van der Waals surface area contributed by atoms with Crippen molar-refractivity contribution in [1.29, 1.82) is 0 Å². The second kappa shape index (κ2) is 8.03. The first kappa shape index (κ1) is 19.9. The Morgan fingerprint density at radius 2 is 1.93 bits per heavy atom. The Hall–Kier alpha value is -1.85. The number of unbranched alkanes of at least 4 members (excludes halogenated alkanes) is 2. The summed E-state index contributed by atoms with van der Waals surface area (Å²) in [6, 6.07) is -0.120. The fraction of sp³-hybridized carbons (Fsp3) is 0.762. The molecule has 0 unspecified atom stereocenters. The van der Waals surface area contributed by atoms with Crippen LogP contribution in [0.3, 0.4) is 0 Å². The van der Waals surface area contributed by atoms with Gasteiger partial charge in [-0.05, 0) is 46.0 Å². The van der Waals surface area contributed by atoms with Crippen molar-refractivity contribution in [1.82, 2.24) is 14.8 Å². The van der Waals surface area contributed by atoms with Gasteiger partial charge in [-0.3, -0.25) is 9.59 Å². The summed E-state index contributed by atoms with van der Waals surface area (Å²) in [5, 5.41) is 0. The van der Waals surface area contributed by atoms with Gasteiger partial charge in [0.25, 0.3) is 5.91 Å². The van der Waals surface area contributed by atoms with Crippen LogP contribution in [0.25, 0.3) is 0 Å². The predicted octanol–water partition coefficient (Wildman–Crippen LogP) is 3.71. The summed E-state index contributed by atoms with van der Waals surface area (Å²) >= 11 is 0. The van der Waals surface area contributed by atoms with Gasteiger partial charge in [0.15, 0.2) is 5.89 Å². The minimum Gasteiger partial charge on any atom is -0.436 e. The first-order valence-electron chi connectivity index (χ1n) is 10.4. The van der Waals surface area contributed by atoms with Crippen LogP contribution in [0.1, 0.15) is 80.9 Å². The molecule has 2 amide bonds. The molecule has 1 aromatic heterocycles. The molecule has 6 heteroatoms. The summed E-state index contributed by atoms with van der Waals surface area (Å²) in [5.74, 6) is 0.946. The highest BCUT2D eigenvalue weighted by Crippen LogP contribution is 2.44. The predicted molar refractivity (Wildman–Crippen MR) is 103 cm³/mol. The second-order valence-corrected chi connectivity index (χ2v) is 8.18. The number of piperidine rings is 2. The number of oxazole rings is 1. The third kappa shape index (κ3) is 3.63. The van der Waals surface area contributed by atoms with Crippen LogP contribution in [-0.2, 0) is 4.79 Å². The van der Waals surface area contributed by atoms with E-state index in [9.17, 15) is 9.59 Å². The smallest absolute Gasteiger partial charge is 0.291 e. The zero-order valence-corrected chi connectivity index (χ0v) is 17.2. The van der Waals surface area contributed by atoms with Crippen LogP contribution < -0.4 is 0 Å². The van der Waals surface area contributed by atoms with Crippen LogP contribution in [0.4, 0.5) is 0 Å². The number of rotatable bonds is 5. The molecular formula is C21H33N3O3. The molecule has 1 spiro atoms. The van der Waals surface area contributed by atoms with E-state index in [2.05, 4.69) is 11.9 Å². The Morgan fingerprint density at radius 1 is 1.22 bits per heavy atom. The normalized spacial score (nSPS) is 26.1. The topological polar surface area (TPSA) is 66.7 Å². The number of hydrogen-bond acceptors (Lipinski definition) is 4. The molecule has 0 saturated carbocycles. The van der Waals surface area contributed by atoms with Crippen molar-refractivity contribution in [3.8, 4) is 0 Å². The highest BCUT2D eigenvalue weighted by atomic mass is 16.4. The summed E-state index contributed by atoms with van der Waals surface area (Å²) in [5.41, 5.74) is 0.182. The van der Waals surface area contributed by atoms with Crippen molar-refractivity contribution in [3.63, 3.8) is 0 Å². The second-order valence-electron chi connectivity index (χ2n) is 8.18. The van der Waals surface area contributed by atoms with Gasteiger partial charge >= 0.3 is 0 Å². The lowest BCUT2D eigenvalue weighted by Crippen LogP contribution is -2.61. The molecule has 0 aliphatic carbocycles. The maximum absolute atomic E-state index is 13.4. The lowest BCUT2D eigenvalue weighted by atomic mass is 9.67. The van der Waals surface area contributed by atoms with Gasteiger partial charge < -0.3 is 14.2 Å². The minimum absolute atomic E-state index is 0.120. The first-order valence-corrected chi connectivity index (χ1v) is 10.4. The van der Waals surface area contributed by atoms with E-state index in [0.29, 0.717) is 23.9 Å². The Bertz CT molecular complexity index is 695. The van der Waals surface area contributed by atoms with Gasteiger partial charge in [-0.25, -0.2) is 4.98 Å². The molecule has 6 nitrogen and oxygen atoms in total. The molecule has 2 aliphatic heterocycles. The van der Waals surface area contributed by atoms with Crippen molar-refractivity contribution < 1.29 is 14.0 Å². The van der Waals surface area contributed by atoms with Gasteiger partial charge in [0.2, 0.25) is 11.7 Å². The number of carbonyl (C=O) groups is 2. The molecule has 1 aromatic rings. The van der Waals surface area contributed by atoms with Crippen molar-refractivity contribution in [2.75, 3.05) is 19.6 Å². The summed E-state index contributed by atoms with van der Waals surface area (Å²) < 4.78 is 5.57. The number of hydrogen-bond donors (Lipinski definition) is 0. The highest BCUT2D eigenvalue weighted by Gasteiger charge is 2.52. The maximum atomic E-state index is 13.4. The van der Waals surface area contributed by atoms with Crippen LogP contribution in [-0.4, -0.2) is 52.3 Å². The molecule has 0 bridgehead atoms. The van der Waals surface area contributed by atoms with Gasteiger partial charge in [-0.2, -0.15) is 0 Å². The van der Waals surface area contributed by atoms with E-state index >= 15 is 0 Å². The number of aryl methyl sites for hydroxylation is 2. The van der Waals surface area contributed by atoms with Crippen molar-refractivity contribution in [3.05, 3.63) is 17.3 Å². The summed E-state index contributed by atoms with van der Waals surface area (Å²) in [4.78, 5) is 34.7. The van der Waals surface area contributed by atoms with Gasteiger partial charge in [0.05, 0.1) is 11.1 Å². The zero-order chi connectivity index (χ0) is 19.6. The summed E-state index contributed by atoms with van der Waals surface area (Å²) in [7, 11) is 0. The van der Waals surface area contributed by atoms with Crippen LogP contribution in [0, 0.1) is 19.3 Å². The zero-order valence-electron chi connectivity index (χ0n) is 17.2. The van der Waals surface area contributed by atoms with Gasteiger partial charge in [-0.15, -0.1) is 0 Å². The van der Waals surface area contributed by atoms with Crippen molar-refractivity contribution in [2.24, 2.45) is 5.41 Å². The number of nitrogens with zero attached hydrogens (tertiary/aromatic N) is 3. The molecule has 0 radical (unpaired) electrons. The number of aromatic nitrogens is 1. The summed E-state index contributed by atoms with van der Waals surface area (Å²) in [6.45, 7) is 10.1. The average molecular weight is 376 g/mol. The van der Waals surface area contributed by atoms with Crippen LogP contribution >= 0.6 is 0 Å². The van der Waals surface area contributed by atoms with E-state index in [1.807, 2.05) is 16.7 Å². The molecule has 2 fully saturated rings. The molecule has 2 atom stereocenters. The molecule has 2 aliphatic rings. The molecule has 150 valence electrons. The quantitative estimate of drug-likeness (QED) is 0.736. The van der Waals surface area contributed by atoms with Crippen LogP contribution in [0.5, 0.6) is 0 Å². The first-order chi connectivity index (χ1) is 12.9. The lowest BCUT2D eigenvalue weighted by Gasteiger charge is -2.51. The maximum Gasteiger partial charge on any atom is 0.291 e. The van der Waals surface area contributed by atoms with Crippen molar-refractivity contribution in [2.45, 2.75) is 78.7 Å². The fourth-order valence-corrected chi connectivity index (χ4v) is 4.90. The SMILES string of the molecule is CCCCCN1CCC[C@@]2(CCCN(C(=O)c3oc(C)nc3C)[C@H]2C)C1=O. The third-order valence-electron chi connectivity index (χ3n) is 6.44. The van der Waals surface area contributed by atoms with Crippen molar-refractivity contribution >= 4 is 11.8 Å². The molecule has 0 N–H and O–H groups in total. The van der Waals surface area contributed by atoms with Gasteiger partial charge in [-0.1, -0.05) is 19.8 Å². The van der Waals surface area contributed by atoms with E-state index < -0.39 is 5.41 Å². The Balaban J connectivity index is 1.80. The van der Waals surface area contributed by atoms with E-state index in [1.54, 1.807) is 13.8 Å². The standard InChI is InChI=1S/C21H33N3O3/c1-5-6-7-12-23-13-8-10-21(20(23)26)11-9-14-24(16(21)3)19(25)18-15(2)22-17(4)27-18/h16H,5-14H2,1-4H3/t16-,21-/m0/s1. The fourth-order valence-electron chi connectivity index (χ4n) is 4.90. The lowest BCUT2D eigenvalue weighted by molar-refractivity contribution is -0.153. The number of likely N-dealkylation sites (tertiary alicyclic amines) is 2. The van der Waals surface area contributed by atoms with Crippen LogP contribution in [0.2, 0.25) is 0 Å². The number of carbonyl (C=O) groups excluding carboxylic acids is 2. The molecule has 27 heavy (non-hydrogen) atoms. The minimum atomic E-state index is -0.443. The van der Waals surface area contributed by atoms with E-state index in [1.165, 1.54) is 0 Å². The molecule has 0 aromatic carbocycles. The Morgan fingerprint density at radius 3 is 2.56 bits per heavy atom. The van der Waals surface area contributed by atoms with E-state index in [0.717, 1.165) is 58.0 Å². The van der Waals surface area contributed by atoms with Gasteiger partial charge in [0.1, 0.15) is 0 Å². The average Bonchev–Trinajstić information content (AvgIpc) is 2.98. The van der Waals surface area contributed by atoms with E-state index in [4.69, 9.17) is 4.42 Å². The van der Waals surface area contributed by atoms with E-state index in [-0.39, 0.29) is 17.9 Å². The molecular weight excluding hydrogens is 342 g/mol. The number of amides is 2. The molecule has 3 heterocycles. The Labute approximate surface area is 162 Å². The molecule has 2 saturated heterocycles. The highest BCUT2D eigenvalue weighted by molar-refractivity contribution is 5.94. The largest absolute Gasteiger partial charge is 0.436 e. The molecule has 3 rings (SSSR count). The van der Waals surface area contributed by atoms with Gasteiger partial charge in [0, 0.05) is 32.6 Å².